The number of alkyl halides is 2. The molecule has 118 valence electrons. The highest BCUT2D eigenvalue weighted by molar-refractivity contribution is 5.31. The zero-order valence-electron chi connectivity index (χ0n) is 12.9. The first-order chi connectivity index (χ1) is 9.88. The molecule has 1 aliphatic rings. The number of rotatable bonds is 4. The second kappa shape index (κ2) is 6.71. The molecule has 0 aromatic heterocycles. The molecule has 1 atom stereocenters. The van der Waals surface area contributed by atoms with Crippen LogP contribution in [-0.4, -0.2) is 37.7 Å². The lowest BCUT2D eigenvalue weighted by molar-refractivity contribution is -0.0499. The fourth-order valence-electron chi connectivity index (χ4n) is 3.06. The number of hydrogen-bond donors (Lipinski definition) is 1. The molecular weight excluding hydrogens is 274 g/mol. The van der Waals surface area contributed by atoms with Gasteiger partial charge in [0.05, 0.1) is 0 Å². The van der Waals surface area contributed by atoms with Crippen molar-refractivity contribution >= 4 is 0 Å². The largest absolute Gasteiger partial charge is 0.435 e. The maximum atomic E-state index is 12.4. The maximum Gasteiger partial charge on any atom is 0.387 e. The number of benzene rings is 1. The van der Waals surface area contributed by atoms with Gasteiger partial charge in [-0.3, -0.25) is 4.90 Å². The van der Waals surface area contributed by atoms with E-state index in [9.17, 15) is 8.78 Å². The summed E-state index contributed by atoms with van der Waals surface area (Å²) in [5.74, 6) is 0.229. The first-order valence-electron chi connectivity index (χ1n) is 7.37. The maximum absolute atomic E-state index is 12.4. The standard InChI is InChI=1S/C16H24F2N2O/c1-16(2,3)14(20-9-7-19-8-10-20)12-5-4-6-13(11-12)21-15(17)18/h4-6,11,14-15,19H,7-10H2,1-3H3/t14-/m0/s1. The molecule has 0 unspecified atom stereocenters. The molecule has 3 nitrogen and oxygen atoms in total. The van der Waals surface area contributed by atoms with Gasteiger partial charge < -0.3 is 10.1 Å². The monoisotopic (exact) mass is 298 g/mol. The summed E-state index contributed by atoms with van der Waals surface area (Å²) in [6, 6.07) is 7.28. The van der Waals surface area contributed by atoms with Gasteiger partial charge in [0.25, 0.3) is 0 Å². The number of nitrogens with zero attached hydrogens (tertiary/aromatic N) is 1. The molecule has 1 fully saturated rings. The van der Waals surface area contributed by atoms with Crippen molar-refractivity contribution in [3.63, 3.8) is 0 Å². The van der Waals surface area contributed by atoms with E-state index in [1.165, 1.54) is 0 Å². The van der Waals surface area contributed by atoms with Gasteiger partial charge in [-0.05, 0) is 23.1 Å². The van der Waals surface area contributed by atoms with Crippen LogP contribution in [0.15, 0.2) is 24.3 Å². The van der Waals surface area contributed by atoms with Crippen molar-refractivity contribution in [1.82, 2.24) is 10.2 Å². The number of nitrogens with one attached hydrogen (secondary N) is 1. The summed E-state index contributed by atoms with van der Waals surface area (Å²) < 4.78 is 29.3. The van der Waals surface area contributed by atoms with Crippen molar-refractivity contribution in [2.75, 3.05) is 26.2 Å². The Hall–Kier alpha value is -1.20. The van der Waals surface area contributed by atoms with Crippen molar-refractivity contribution in [2.24, 2.45) is 5.41 Å². The number of ether oxygens (including phenoxy) is 1. The smallest absolute Gasteiger partial charge is 0.387 e. The van der Waals surface area contributed by atoms with E-state index in [0.29, 0.717) is 0 Å². The summed E-state index contributed by atoms with van der Waals surface area (Å²) in [7, 11) is 0. The Bertz CT molecular complexity index is 454. The minimum atomic E-state index is -2.78. The molecule has 5 heteroatoms. The molecule has 21 heavy (non-hydrogen) atoms. The van der Waals surface area contributed by atoms with Gasteiger partial charge in [0.15, 0.2) is 0 Å². The molecule has 1 saturated heterocycles. The average Bonchev–Trinajstić information content (AvgIpc) is 2.38. The van der Waals surface area contributed by atoms with Crippen LogP contribution in [0.3, 0.4) is 0 Å². The predicted molar refractivity (Wildman–Crippen MR) is 79.7 cm³/mol. The van der Waals surface area contributed by atoms with Gasteiger partial charge in [0.2, 0.25) is 0 Å². The highest BCUT2D eigenvalue weighted by Crippen LogP contribution is 2.39. The lowest BCUT2D eigenvalue weighted by Crippen LogP contribution is -2.48. The number of halogens is 2. The summed E-state index contributed by atoms with van der Waals surface area (Å²) in [5.41, 5.74) is 1.04. The number of piperazine rings is 1. The second-order valence-electron chi connectivity index (χ2n) is 6.51. The van der Waals surface area contributed by atoms with E-state index >= 15 is 0 Å². The van der Waals surface area contributed by atoms with Gasteiger partial charge in [-0.15, -0.1) is 0 Å². The summed E-state index contributed by atoms with van der Waals surface area (Å²) in [6.45, 7) is 7.59. The van der Waals surface area contributed by atoms with E-state index in [1.807, 2.05) is 6.07 Å². The SMILES string of the molecule is CC(C)(C)[C@H](c1cccc(OC(F)F)c1)N1CCNCC1. The molecule has 2 rings (SSSR count). The Balaban J connectivity index is 2.28. The van der Waals surface area contributed by atoms with E-state index in [4.69, 9.17) is 0 Å². The van der Waals surface area contributed by atoms with Gasteiger partial charge in [-0.1, -0.05) is 32.9 Å². The zero-order chi connectivity index (χ0) is 15.5. The third-order valence-corrected chi connectivity index (χ3v) is 3.74. The summed E-state index contributed by atoms with van der Waals surface area (Å²) in [5, 5.41) is 3.34. The van der Waals surface area contributed by atoms with Crippen LogP contribution in [0, 0.1) is 5.41 Å². The second-order valence-corrected chi connectivity index (χ2v) is 6.51. The highest BCUT2D eigenvalue weighted by atomic mass is 19.3. The van der Waals surface area contributed by atoms with Gasteiger partial charge in [0, 0.05) is 32.2 Å². The topological polar surface area (TPSA) is 24.5 Å². The molecular formula is C16H24F2N2O. The lowest BCUT2D eigenvalue weighted by Gasteiger charge is -2.42. The molecule has 1 aromatic rings. The molecule has 0 saturated carbocycles. The lowest BCUT2D eigenvalue weighted by atomic mass is 9.81. The van der Waals surface area contributed by atoms with Gasteiger partial charge >= 0.3 is 6.61 Å². The minimum Gasteiger partial charge on any atom is -0.435 e. The Morgan fingerprint density at radius 1 is 1.19 bits per heavy atom. The third kappa shape index (κ3) is 4.38. The van der Waals surface area contributed by atoms with Gasteiger partial charge in [-0.2, -0.15) is 8.78 Å². The van der Waals surface area contributed by atoms with Crippen molar-refractivity contribution < 1.29 is 13.5 Å². The van der Waals surface area contributed by atoms with Crippen LogP contribution in [0.2, 0.25) is 0 Å². The average molecular weight is 298 g/mol. The van der Waals surface area contributed by atoms with E-state index < -0.39 is 6.61 Å². The van der Waals surface area contributed by atoms with Crippen molar-refractivity contribution in [3.8, 4) is 5.75 Å². The molecule has 1 N–H and O–H groups in total. The van der Waals surface area contributed by atoms with Crippen LogP contribution in [0.5, 0.6) is 5.75 Å². The fourth-order valence-corrected chi connectivity index (χ4v) is 3.06. The van der Waals surface area contributed by atoms with E-state index in [2.05, 4.69) is 35.7 Å². The van der Waals surface area contributed by atoms with Crippen LogP contribution < -0.4 is 10.1 Å². The molecule has 0 spiro atoms. The van der Waals surface area contributed by atoms with Crippen LogP contribution in [0.25, 0.3) is 0 Å². The molecule has 1 aliphatic heterocycles. The Morgan fingerprint density at radius 3 is 2.43 bits per heavy atom. The van der Waals surface area contributed by atoms with E-state index in [-0.39, 0.29) is 17.2 Å². The number of hydrogen-bond acceptors (Lipinski definition) is 3. The zero-order valence-corrected chi connectivity index (χ0v) is 12.9. The van der Waals surface area contributed by atoms with Crippen molar-refractivity contribution in [1.29, 1.82) is 0 Å². The van der Waals surface area contributed by atoms with Crippen LogP contribution in [0.1, 0.15) is 32.4 Å². The van der Waals surface area contributed by atoms with Crippen molar-refractivity contribution in [2.45, 2.75) is 33.4 Å². The quantitative estimate of drug-likeness (QED) is 0.923. The Labute approximate surface area is 125 Å². The minimum absolute atomic E-state index is 0.0147. The normalized spacial score (nSPS) is 18.8. The summed E-state index contributed by atoms with van der Waals surface area (Å²) >= 11 is 0. The molecule has 0 aliphatic carbocycles. The first kappa shape index (κ1) is 16.2. The summed E-state index contributed by atoms with van der Waals surface area (Å²) in [4.78, 5) is 2.41. The third-order valence-electron chi connectivity index (χ3n) is 3.74. The predicted octanol–water partition coefficient (Wildman–Crippen LogP) is 3.28. The Morgan fingerprint density at radius 2 is 1.86 bits per heavy atom. The molecule has 0 radical (unpaired) electrons. The summed E-state index contributed by atoms with van der Waals surface area (Å²) in [6.07, 6.45) is 0. The fraction of sp³-hybridized carbons (Fsp3) is 0.625. The van der Waals surface area contributed by atoms with E-state index in [1.54, 1.807) is 18.2 Å². The van der Waals surface area contributed by atoms with Crippen LogP contribution in [0.4, 0.5) is 8.78 Å². The molecule has 0 bridgehead atoms. The van der Waals surface area contributed by atoms with Crippen LogP contribution in [-0.2, 0) is 0 Å². The molecule has 1 heterocycles. The van der Waals surface area contributed by atoms with E-state index in [0.717, 1.165) is 31.7 Å². The first-order valence-corrected chi connectivity index (χ1v) is 7.37. The molecule has 1 aromatic carbocycles. The van der Waals surface area contributed by atoms with Gasteiger partial charge in [-0.25, -0.2) is 0 Å². The Kier molecular flexibility index (Phi) is 5.17. The van der Waals surface area contributed by atoms with Crippen molar-refractivity contribution in [3.05, 3.63) is 29.8 Å². The highest BCUT2D eigenvalue weighted by Gasteiger charge is 2.32. The van der Waals surface area contributed by atoms with Crippen LogP contribution >= 0.6 is 0 Å². The molecule has 0 amide bonds. The van der Waals surface area contributed by atoms with Gasteiger partial charge in [0.1, 0.15) is 5.75 Å².